The summed E-state index contributed by atoms with van der Waals surface area (Å²) in [7, 11) is 1.64. The second-order valence-electron chi connectivity index (χ2n) is 7.23. The minimum atomic E-state index is -0.0304. The van der Waals surface area contributed by atoms with Crippen LogP contribution in [0.15, 0.2) is 47.7 Å². The van der Waals surface area contributed by atoms with Gasteiger partial charge in [-0.3, -0.25) is 9.36 Å². The number of anilines is 1. The van der Waals surface area contributed by atoms with E-state index in [1.807, 2.05) is 36.5 Å². The van der Waals surface area contributed by atoms with Gasteiger partial charge in [-0.25, -0.2) is 15.0 Å². The number of benzene rings is 1. The van der Waals surface area contributed by atoms with Crippen LogP contribution in [0.4, 0.5) is 5.82 Å². The Morgan fingerprint density at radius 3 is 3.00 bits per heavy atom. The highest BCUT2D eigenvalue weighted by atomic mass is 16.5. The zero-order chi connectivity index (χ0) is 19.8. The molecule has 5 rings (SSSR count). The Morgan fingerprint density at radius 1 is 1.21 bits per heavy atom. The van der Waals surface area contributed by atoms with E-state index in [4.69, 9.17) is 9.72 Å². The number of aromatic nitrogens is 5. The fourth-order valence-corrected chi connectivity index (χ4v) is 4.21. The lowest BCUT2D eigenvalue weighted by atomic mass is 10.1. The number of fused-ring (bicyclic) bond motifs is 2. The van der Waals surface area contributed by atoms with Crippen LogP contribution in [0.25, 0.3) is 21.9 Å². The molecule has 0 bridgehead atoms. The molecule has 4 aromatic rings. The van der Waals surface area contributed by atoms with Crippen molar-refractivity contribution in [1.29, 1.82) is 0 Å². The Morgan fingerprint density at radius 2 is 2.10 bits per heavy atom. The fourth-order valence-electron chi connectivity index (χ4n) is 4.21. The predicted octanol–water partition coefficient (Wildman–Crippen LogP) is 2.66. The van der Waals surface area contributed by atoms with Crippen LogP contribution in [-0.2, 0) is 11.3 Å². The van der Waals surface area contributed by atoms with Gasteiger partial charge in [-0.15, -0.1) is 0 Å². The van der Waals surface area contributed by atoms with E-state index >= 15 is 0 Å². The Kier molecular flexibility index (Phi) is 4.48. The molecular formula is C21H22N6O2. The summed E-state index contributed by atoms with van der Waals surface area (Å²) in [6.45, 7) is 1.78. The van der Waals surface area contributed by atoms with Crippen LogP contribution in [0.2, 0.25) is 0 Å². The normalized spacial score (nSPS) is 16.9. The van der Waals surface area contributed by atoms with Crippen LogP contribution >= 0.6 is 0 Å². The van der Waals surface area contributed by atoms with Gasteiger partial charge in [-0.1, -0.05) is 12.1 Å². The maximum absolute atomic E-state index is 13.2. The van der Waals surface area contributed by atoms with E-state index in [1.165, 1.54) is 0 Å². The molecule has 29 heavy (non-hydrogen) atoms. The zero-order valence-corrected chi connectivity index (χ0v) is 16.2. The molecule has 1 N–H and O–H groups in total. The average molecular weight is 390 g/mol. The maximum Gasteiger partial charge on any atom is 0.261 e. The third-order valence-corrected chi connectivity index (χ3v) is 5.57. The number of rotatable bonds is 5. The van der Waals surface area contributed by atoms with Crippen molar-refractivity contribution in [2.24, 2.45) is 0 Å². The molecule has 3 aromatic heterocycles. The van der Waals surface area contributed by atoms with Crippen molar-refractivity contribution in [2.75, 3.05) is 25.2 Å². The summed E-state index contributed by atoms with van der Waals surface area (Å²) in [5.74, 6) is 1.64. The minimum absolute atomic E-state index is 0.0241. The van der Waals surface area contributed by atoms with Gasteiger partial charge in [0.15, 0.2) is 0 Å². The summed E-state index contributed by atoms with van der Waals surface area (Å²) in [5, 5.41) is 1.61. The second-order valence-corrected chi connectivity index (χ2v) is 7.23. The third kappa shape index (κ3) is 2.96. The molecule has 1 unspecified atom stereocenters. The highest BCUT2D eigenvalue weighted by Gasteiger charge is 2.32. The lowest BCUT2D eigenvalue weighted by Gasteiger charge is -2.28. The number of hydrogen-bond donors (Lipinski definition) is 1. The molecule has 1 aromatic carbocycles. The van der Waals surface area contributed by atoms with Gasteiger partial charge >= 0.3 is 0 Å². The topological polar surface area (TPSA) is 88.9 Å². The van der Waals surface area contributed by atoms with Crippen LogP contribution < -0.4 is 10.5 Å². The summed E-state index contributed by atoms with van der Waals surface area (Å²) >= 11 is 0. The molecule has 0 saturated carbocycles. The first kappa shape index (κ1) is 17.8. The van der Waals surface area contributed by atoms with E-state index < -0.39 is 0 Å². The molecule has 8 nitrogen and oxygen atoms in total. The van der Waals surface area contributed by atoms with Gasteiger partial charge in [0.2, 0.25) is 0 Å². The molecule has 0 radical (unpaired) electrons. The van der Waals surface area contributed by atoms with E-state index in [1.54, 1.807) is 18.0 Å². The van der Waals surface area contributed by atoms with E-state index in [0.29, 0.717) is 18.5 Å². The first-order valence-electron chi connectivity index (χ1n) is 9.81. The molecule has 0 spiro atoms. The first-order chi connectivity index (χ1) is 14.3. The second kappa shape index (κ2) is 7.29. The molecule has 0 amide bonds. The molecule has 8 heteroatoms. The summed E-state index contributed by atoms with van der Waals surface area (Å²) in [4.78, 5) is 32.4. The molecule has 1 atom stereocenters. The fraction of sp³-hybridized carbons (Fsp3) is 0.333. The van der Waals surface area contributed by atoms with Crippen LogP contribution in [0.5, 0.6) is 0 Å². The molecule has 4 heterocycles. The van der Waals surface area contributed by atoms with Gasteiger partial charge in [0.25, 0.3) is 5.56 Å². The maximum atomic E-state index is 13.2. The number of H-pyrrole nitrogens is 1. The lowest BCUT2D eigenvalue weighted by molar-refractivity contribution is 0.184. The van der Waals surface area contributed by atoms with Crippen LogP contribution in [0.1, 0.15) is 24.7 Å². The third-order valence-electron chi connectivity index (χ3n) is 5.57. The van der Waals surface area contributed by atoms with Crippen molar-refractivity contribution in [2.45, 2.75) is 25.4 Å². The molecule has 0 aliphatic carbocycles. The van der Waals surface area contributed by atoms with Crippen LogP contribution in [-0.4, -0.2) is 44.8 Å². The standard InChI is InChI=1S/C21H22N6O2/c1-29-12-11-27-20(25-16-6-3-2-5-14(16)21(27)28)17-7-4-10-26(17)19-15-8-9-22-18(15)23-13-24-19/h2-3,5-6,8-9,13,17H,4,7,10-12H2,1H3,(H,22,23,24). The summed E-state index contributed by atoms with van der Waals surface area (Å²) in [6, 6.07) is 9.48. The predicted molar refractivity (Wildman–Crippen MR) is 111 cm³/mol. The van der Waals surface area contributed by atoms with Gasteiger partial charge in [0.1, 0.15) is 23.6 Å². The highest BCUT2D eigenvalue weighted by molar-refractivity contribution is 5.87. The van der Waals surface area contributed by atoms with Crippen molar-refractivity contribution < 1.29 is 4.74 Å². The number of ether oxygens (including phenoxy) is 1. The SMILES string of the molecule is COCCn1c(C2CCCN2c2ncnc3[nH]ccc23)nc2ccccc2c1=O. The first-order valence-corrected chi connectivity index (χ1v) is 9.81. The number of aromatic amines is 1. The van der Waals surface area contributed by atoms with Gasteiger partial charge in [-0.2, -0.15) is 0 Å². The summed E-state index contributed by atoms with van der Waals surface area (Å²) in [5.41, 5.74) is 1.51. The van der Waals surface area contributed by atoms with Crippen LogP contribution in [0, 0.1) is 0 Å². The van der Waals surface area contributed by atoms with Gasteiger partial charge in [0.05, 0.1) is 35.5 Å². The van der Waals surface area contributed by atoms with E-state index in [-0.39, 0.29) is 11.6 Å². The highest BCUT2D eigenvalue weighted by Crippen LogP contribution is 2.37. The molecule has 1 aliphatic heterocycles. The van der Waals surface area contributed by atoms with Crippen molar-refractivity contribution in [3.8, 4) is 0 Å². The number of nitrogens with zero attached hydrogens (tertiary/aromatic N) is 5. The van der Waals surface area contributed by atoms with Gasteiger partial charge < -0.3 is 14.6 Å². The van der Waals surface area contributed by atoms with Crippen molar-refractivity contribution in [3.05, 3.63) is 59.0 Å². The molecule has 1 saturated heterocycles. The number of para-hydroxylation sites is 1. The van der Waals surface area contributed by atoms with E-state index in [0.717, 1.165) is 47.6 Å². The lowest BCUT2D eigenvalue weighted by Crippen LogP contribution is -2.33. The van der Waals surface area contributed by atoms with Crippen molar-refractivity contribution in [1.82, 2.24) is 24.5 Å². The molecular weight excluding hydrogens is 368 g/mol. The van der Waals surface area contributed by atoms with Crippen molar-refractivity contribution >= 4 is 27.8 Å². The van der Waals surface area contributed by atoms with Crippen molar-refractivity contribution in [3.63, 3.8) is 0 Å². The Balaban J connectivity index is 1.67. The zero-order valence-electron chi connectivity index (χ0n) is 16.2. The molecule has 148 valence electrons. The van der Waals surface area contributed by atoms with Gasteiger partial charge in [0, 0.05) is 19.9 Å². The van der Waals surface area contributed by atoms with E-state index in [9.17, 15) is 4.79 Å². The Bertz CT molecular complexity index is 1230. The summed E-state index contributed by atoms with van der Waals surface area (Å²) in [6.07, 6.45) is 5.37. The largest absolute Gasteiger partial charge is 0.383 e. The van der Waals surface area contributed by atoms with Crippen LogP contribution in [0.3, 0.4) is 0 Å². The number of methoxy groups -OCH3 is 1. The van der Waals surface area contributed by atoms with E-state index in [2.05, 4.69) is 19.9 Å². The number of nitrogens with one attached hydrogen (secondary N) is 1. The van der Waals surface area contributed by atoms with Gasteiger partial charge in [-0.05, 0) is 31.0 Å². The smallest absolute Gasteiger partial charge is 0.261 e. The quantitative estimate of drug-likeness (QED) is 0.564. The average Bonchev–Trinajstić information content (AvgIpc) is 3.42. The summed E-state index contributed by atoms with van der Waals surface area (Å²) < 4.78 is 7.03. The Labute approximate surface area is 167 Å². The monoisotopic (exact) mass is 390 g/mol. The minimum Gasteiger partial charge on any atom is -0.383 e. The Hall–Kier alpha value is -3.26. The molecule has 1 aliphatic rings. The number of hydrogen-bond acceptors (Lipinski definition) is 6. The molecule has 1 fully saturated rings.